The van der Waals surface area contributed by atoms with Gasteiger partial charge >= 0.3 is 0 Å². The summed E-state index contributed by atoms with van der Waals surface area (Å²) < 4.78 is 0. The van der Waals surface area contributed by atoms with Crippen LogP contribution in [0.1, 0.15) is 16.8 Å². The second-order valence-corrected chi connectivity index (χ2v) is 4.99. The SMILES string of the molecule is Cc1cccc(-c2c(C)[nH]c3c(C)cccc23)c1. The van der Waals surface area contributed by atoms with Crippen LogP contribution in [0.25, 0.3) is 22.0 Å². The van der Waals surface area contributed by atoms with E-state index in [1.807, 2.05) is 0 Å². The van der Waals surface area contributed by atoms with Crippen LogP contribution in [0.15, 0.2) is 42.5 Å². The van der Waals surface area contributed by atoms with Crippen molar-refractivity contribution in [3.05, 3.63) is 59.3 Å². The molecule has 3 rings (SSSR count). The summed E-state index contributed by atoms with van der Waals surface area (Å²) in [5, 5.41) is 1.32. The maximum atomic E-state index is 3.51. The lowest BCUT2D eigenvalue weighted by Crippen LogP contribution is -1.81. The van der Waals surface area contributed by atoms with E-state index in [1.54, 1.807) is 0 Å². The quantitative estimate of drug-likeness (QED) is 0.626. The van der Waals surface area contributed by atoms with Crippen LogP contribution in [-0.2, 0) is 0 Å². The largest absolute Gasteiger partial charge is 0.358 e. The van der Waals surface area contributed by atoms with Crippen LogP contribution >= 0.6 is 0 Å². The number of benzene rings is 2. The number of fused-ring (bicyclic) bond motifs is 1. The van der Waals surface area contributed by atoms with Crippen molar-refractivity contribution in [2.75, 3.05) is 0 Å². The van der Waals surface area contributed by atoms with Crippen molar-refractivity contribution in [2.45, 2.75) is 20.8 Å². The highest BCUT2D eigenvalue weighted by Gasteiger charge is 2.11. The minimum absolute atomic E-state index is 1.24. The summed E-state index contributed by atoms with van der Waals surface area (Å²) >= 11 is 0. The number of aryl methyl sites for hydroxylation is 3. The van der Waals surface area contributed by atoms with Gasteiger partial charge in [-0.3, -0.25) is 0 Å². The lowest BCUT2D eigenvalue weighted by molar-refractivity contribution is 1.29. The molecule has 90 valence electrons. The van der Waals surface area contributed by atoms with Crippen LogP contribution in [0.4, 0.5) is 0 Å². The van der Waals surface area contributed by atoms with E-state index in [0.717, 1.165) is 0 Å². The molecule has 0 aliphatic rings. The molecule has 0 spiro atoms. The van der Waals surface area contributed by atoms with E-state index in [-0.39, 0.29) is 0 Å². The number of hydrogen-bond acceptors (Lipinski definition) is 0. The molecule has 0 unspecified atom stereocenters. The van der Waals surface area contributed by atoms with Crippen molar-refractivity contribution < 1.29 is 0 Å². The Balaban J connectivity index is 2.36. The third-order valence-electron chi connectivity index (χ3n) is 3.54. The van der Waals surface area contributed by atoms with Crippen molar-refractivity contribution >= 4 is 10.9 Å². The van der Waals surface area contributed by atoms with Gasteiger partial charge < -0.3 is 4.98 Å². The van der Waals surface area contributed by atoms with Gasteiger partial charge in [-0.15, -0.1) is 0 Å². The van der Waals surface area contributed by atoms with Crippen LogP contribution in [0.3, 0.4) is 0 Å². The standard InChI is InChI=1S/C17H17N/c1-11-6-4-8-14(10-11)16-13(3)18-17-12(2)7-5-9-15(16)17/h4-10,18H,1-3H3. The molecule has 3 aromatic rings. The molecule has 0 saturated carbocycles. The Kier molecular flexibility index (Phi) is 2.48. The minimum Gasteiger partial charge on any atom is -0.358 e. The third-order valence-corrected chi connectivity index (χ3v) is 3.54. The van der Waals surface area contributed by atoms with Gasteiger partial charge in [-0.2, -0.15) is 0 Å². The summed E-state index contributed by atoms with van der Waals surface area (Å²) in [5.74, 6) is 0. The number of aromatic nitrogens is 1. The maximum absolute atomic E-state index is 3.51. The van der Waals surface area contributed by atoms with Crippen molar-refractivity contribution in [1.29, 1.82) is 0 Å². The topological polar surface area (TPSA) is 15.8 Å². The van der Waals surface area contributed by atoms with Crippen molar-refractivity contribution in [3.8, 4) is 11.1 Å². The molecular formula is C17H17N. The van der Waals surface area contributed by atoms with E-state index in [4.69, 9.17) is 0 Å². The van der Waals surface area contributed by atoms with Crippen molar-refractivity contribution in [1.82, 2.24) is 4.98 Å². The van der Waals surface area contributed by atoms with Gasteiger partial charge in [0.15, 0.2) is 0 Å². The second-order valence-electron chi connectivity index (χ2n) is 4.99. The third kappa shape index (κ3) is 1.63. The average molecular weight is 235 g/mol. The zero-order chi connectivity index (χ0) is 12.7. The highest BCUT2D eigenvalue weighted by Crippen LogP contribution is 2.33. The molecule has 18 heavy (non-hydrogen) atoms. The Hall–Kier alpha value is -2.02. The molecule has 2 aromatic carbocycles. The number of nitrogens with one attached hydrogen (secondary N) is 1. The lowest BCUT2D eigenvalue weighted by Gasteiger charge is -2.03. The first kappa shape index (κ1) is 11.1. The van der Waals surface area contributed by atoms with E-state index in [0.29, 0.717) is 0 Å². The fraction of sp³-hybridized carbons (Fsp3) is 0.176. The van der Waals surface area contributed by atoms with Crippen LogP contribution in [-0.4, -0.2) is 4.98 Å². The normalized spacial score (nSPS) is 11.1. The fourth-order valence-corrected chi connectivity index (χ4v) is 2.67. The summed E-state index contributed by atoms with van der Waals surface area (Å²) in [4.78, 5) is 3.51. The van der Waals surface area contributed by atoms with E-state index in [2.05, 4.69) is 68.2 Å². The van der Waals surface area contributed by atoms with E-state index < -0.39 is 0 Å². The molecule has 1 aromatic heterocycles. The first-order valence-corrected chi connectivity index (χ1v) is 6.32. The van der Waals surface area contributed by atoms with Gasteiger partial charge in [0.2, 0.25) is 0 Å². The van der Waals surface area contributed by atoms with Crippen LogP contribution in [0.2, 0.25) is 0 Å². The Morgan fingerprint density at radius 1 is 0.889 bits per heavy atom. The molecular weight excluding hydrogens is 218 g/mol. The highest BCUT2D eigenvalue weighted by molar-refractivity contribution is 5.98. The van der Waals surface area contributed by atoms with Gasteiger partial charge in [-0.1, -0.05) is 48.0 Å². The van der Waals surface area contributed by atoms with E-state index in [1.165, 1.54) is 38.9 Å². The molecule has 0 amide bonds. The summed E-state index contributed by atoms with van der Waals surface area (Å²) in [6.07, 6.45) is 0. The number of para-hydroxylation sites is 1. The molecule has 1 nitrogen and oxygen atoms in total. The van der Waals surface area contributed by atoms with Gasteiger partial charge in [0.1, 0.15) is 0 Å². The smallest absolute Gasteiger partial charge is 0.0492 e. The molecule has 0 atom stereocenters. The van der Waals surface area contributed by atoms with Gasteiger partial charge in [0, 0.05) is 22.2 Å². The fourth-order valence-electron chi connectivity index (χ4n) is 2.67. The molecule has 0 fully saturated rings. The predicted molar refractivity (Wildman–Crippen MR) is 77.9 cm³/mol. The molecule has 0 aliphatic carbocycles. The lowest BCUT2D eigenvalue weighted by atomic mass is 10.00. The van der Waals surface area contributed by atoms with Crippen LogP contribution in [0, 0.1) is 20.8 Å². The molecule has 0 saturated heterocycles. The van der Waals surface area contributed by atoms with Gasteiger partial charge in [0.25, 0.3) is 0 Å². The first-order valence-electron chi connectivity index (χ1n) is 6.32. The molecule has 0 aliphatic heterocycles. The van der Waals surface area contributed by atoms with Gasteiger partial charge in [0.05, 0.1) is 0 Å². The van der Waals surface area contributed by atoms with Gasteiger partial charge in [-0.05, 0) is 31.9 Å². The summed E-state index contributed by atoms with van der Waals surface area (Å²) in [5.41, 5.74) is 7.72. The van der Waals surface area contributed by atoms with Crippen molar-refractivity contribution in [2.24, 2.45) is 0 Å². The molecule has 1 heterocycles. The number of H-pyrrole nitrogens is 1. The second kappa shape index (κ2) is 4.02. The average Bonchev–Trinajstić information content (AvgIpc) is 2.67. The summed E-state index contributed by atoms with van der Waals surface area (Å²) in [7, 11) is 0. The Bertz CT molecular complexity index is 720. The predicted octanol–water partition coefficient (Wildman–Crippen LogP) is 4.76. The number of aromatic amines is 1. The van der Waals surface area contributed by atoms with Crippen LogP contribution in [0.5, 0.6) is 0 Å². The molecule has 1 N–H and O–H groups in total. The Morgan fingerprint density at radius 2 is 1.67 bits per heavy atom. The zero-order valence-electron chi connectivity index (χ0n) is 11.0. The van der Waals surface area contributed by atoms with Gasteiger partial charge in [-0.25, -0.2) is 0 Å². The number of rotatable bonds is 1. The van der Waals surface area contributed by atoms with Crippen LogP contribution < -0.4 is 0 Å². The zero-order valence-corrected chi connectivity index (χ0v) is 11.0. The first-order chi connectivity index (χ1) is 8.66. The summed E-state index contributed by atoms with van der Waals surface area (Å²) in [6.45, 7) is 6.44. The maximum Gasteiger partial charge on any atom is 0.0492 e. The molecule has 1 heteroatoms. The molecule has 0 radical (unpaired) electrons. The minimum atomic E-state index is 1.24. The van der Waals surface area contributed by atoms with E-state index >= 15 is 0 Å². The highest BCUT2D eigenvalue weighted by atomic mass is 14.7. The Morgan fingerprint density at radius 3 is 2.44 bits per heavy atom. The Labute approximate surface area is 107 Å². The summed E-state index contributed by atoms with van der Waals surface area (Å²) in [6, 6.07) is 15.2. The van der Waals surface area contributed by atoms with E-state index in [9.17, 15) is 0 Å². The monoisotopic (exact) mass is 235 g/mol. The number of hydrogen-bond donors (Lipinski definition) is 1. The molecule has 0 bridgehead atoms. The van der Waals surface area contributed by atoms with Crippen molar-refractivity contribution in [3.63, 3.8) is 0 Å².